The monoisotopic (exact) mass is 323 g/mol. The molecule has 0 spiro atoms. The minimum Gasteiger partial charge on any atom is -0.356 e. The summed E-state index contributed by atoms with van der Waals surface area (Å²) in [7, 11) is 3.96. The van der Waals surface area contributed by atoms with Crippen molar-refractivity contribution in [2.45, 2.75) is 32.6 Å². The van der Waals surface area contributed by atoms with Gasteiger partial charge in [-0.05, 0) is 38.8 Å². The number of allylic oxidation sites excluding steroid dienone is 1. The molecule has 134 valence electrons. The maximum absolute atomic E-state index is 4.36. The van der Waals surface area contributed by atoms with E-state index in [0.717, 1.165) is 31.9 Å². The van der Waals surface area contributed by atoms with E-state index in [4.69, 9.17) is 0 Å². The van der Waals surface area contributed by atoms with E-state index < -0.39 is 0 Å². The topological polar surface area (TPSA) is 34.1 Å². The number of nitrogens with zero attached hydrogens (tertiary/aromatic N) is 4. The van der Waals surface area contributed by atoms with Gasteiger partial charge in [-0.25, -0.2) is 0 Å². The van der Waals surface area contributed by atoms with E-state index in [-0.39, 0.29) is 0 Å². The van der Waals surface area contributed by atoms with Crippen molar-refractivity contribution in [3.8, 4) is 0 Å². The number of nitrogens with one attached hydrogen (secondary N) is 1. The van der Waals surface area contributed by atoms with Gasteiger partial charge in [0.25, 0.3) is 0 Å². The molecule has 0 aromatic rings. The van der Waals surface area contributed by atoms with Crippen molar-refractivity contribution in [1.29, 1.82) is 0 Å². The molecule has 1 heterocycles. The predicted molar refractivity (Wildman–Crippen MR) is 101 cm³/mol. The number of piperazine rings is 1. The summed E-state index contributed by atoms with van der Waals surface area (Å²) in [4.78, 5) is 11.7. The predicted octanol–water partition coefficient (Wildman–Crippen LogP) is 1.88. The van der Waals surface area contributed by atoms with Gasteiger partial charge < -0.3 is 20.0 Å². The molecule has 0 atom stereocenters. The molecule has 0 aliphatic carbocycles. The Hall–Kier alpha value is -1.07. The second-order valence-electron chi connectivity index (χ2n) is 6.31. The van der Waals surface area contributed by atoms with Gasteiger partial charge in [-0.3, -0.25) is 4.99 Å². The van der Waals surface area contributed by atoms with Crippen molar-refractivity contribution in [3.05, 3.63) is 12.7 Å². The summed E-state index contributed by atoms with van der Waals surface area (Å²) < 4.78 is 0. The van der Waals surface area contributed by atoms with Gasteiger partial charge in [0.2, 0.25) is 0 Å². The lowest BCUT2D eigenvalue weighted by Gasteiger charge is -2.34. The number of hydrogen-bond donors (Lipinski definition) is 1. The Morgan fingerprint density at radius 1 is 1.17 bits per heavy atom. The van der Waals surface area contributed by atoms with E-state index >= 15 is 0 Å². The van der Waals surface area contributed by atoms with Crippen LogP contribution in [0.25, 0.3) is 0 Å². The van der Waals surface area contributed by atoms with Crippen molar-refractivity contribution >= 4 is 5.96 Å². The molecular weight excluding hydrogens is 286 g/mol. The zero-order valence-electron chi connectivity index (χ0n) is 15.6. The summed E-state index contributed by atoms with van der Waals surface area (Å²) in [5.74, 6) is 1.01. The average Bonchev–Trinajstić information content (AvgIpc) is 2.58. The largest absolute Gasteiger partial charge is 0.356 e. The van der Waals surface area contributed by atoms with Crippen molar-refractivity contribution in [3.63, 3.8) is 0 Å². The van der Waals surface area contributed by atoms with Gasteiger partial charge in [0, 0.05) is 53.4 Å². The molecule has 0 amide bonds. The Labute approximate surface area is 143 Å². The van der Waals surface area contributed by atoms with Crippen LogP contribution in [0.4, 0.5) is 0 Å². The second-order valence-corrected chi connectivity index (χ2v) is 6.31. The first-order valence-electron chi connectivity index (χ1n) is 9.18. The van der Waals surface area contributed by atoms with E-state index in [0.29, 0.717) is 0 Å². The standard InChI is InChI=1S/C18H37N5/c1-5-7-9-12-21(4)18(19-3)20-11-8-10-13-23-16-14-22(6-2)15-17-23/h5H,1,6-17H2,2-4H3,(H,19,20). The first kappa shape index (κ1) is 20.0. The van der Waals surface area contributed by atoms with Crippen LogP contribution in [0.2, 0.25) is 0 Å². The van der Waals surface area contributed by atoms with Gasteiger partial charge in [0.15, 0.2) is 5.96 Å². The summed E-state index contributed by atoms with van der Waals surface area (Å²) in [5.41, 5.74) is 0. The maximum Gasteiger partial charge on any atom is 0.193 e. The molecule has 1 saturated heterocycles. The van der Waals surface area contributed by atoms with Crippen LogP contribution in [0, 0.1) is 0 Å². The van der Waals surface area contributed by atoms with Gasteiger partial charge in [-0.2, -0.15) is 0 Å². The van der Waals surface area contributed by atoms with E-state index in [1.807, 2.05) is 13.1 Å². The van der Waals surface area contributed by atoms with Crippen LogP contribution in [0.15, 0.2) is 17.6 Å². The van der Waals surface area contributed by atoms with Crippen LogP contribution in [0.3, 0.4) is 0 Å². The van der Waals surface area contributed by atoms with Gasteiger partial charge >= 0.3 is 0 Å². The Bertz CT molecular complexity index is 334. The normalized spacial score (nSPS) is 17.3. The molecule has 0 aromatic carbocycles. The highest BCUT2D eigenvalue weighted by Crippen LogP contribution is 2.03. The molecule has 1 aliphatic rings. The fourth-order valence-electron chi connectivity index (χ4n) is 2.95. The number of guanidine groups is 1. The molecule has 5 nitrogen and oxygen atoms in total. The summed E-state index contributed by atoms with van der Waals surface area (Å²) in [6.07, 6.45) is 6.63. The Kier molecular flexibility index (Phi) is 10.7. The number of rotatable bonds is 10. The van der Waals surface area contributed by atoms with Crippen molar-refractivity contribution in [1.82, 2.24) is 20.0 Å². The molecule has 5 heteroatoms. The Morgan fingerprint density at radius 2 is 1.87 bits per heavy atom. The van der Waals surface area contributed by atoms with Crippen LogP contribution < -0.4 is 5.32 Å². The maximum atomic E-state index is 4.36. The molecule has 0 aromatic heterocycles. The van der Waals surface area contributed by atoms with Crippen LogP contribution in [-0.2, 0) is 0 Å². The third kappa shape index (κ3) is 8.37. The molecule has 1 fully saturated rings. The van der Waals surface area contributed by atoms with Gasteiger partial charge in [-0.15, -0.1) is 6.58 Å². The molecule has 1 N–H and O–H groups in total. The quantitative estimate of drug-likeness (QED) is 0.288. The lowest BCUT2D eigenvalue weighted by atomic mass is 10.2. The first-order chi connectivity index (χ1) is 11.2. The van der Waals surface area contributed by atoms with Gasteiger partial charge in [0.1, 0.15) is 0 Å². The molecule has 23 heavy (non-hydrogen) atoms. The van der Waals surface area contributed by atoms with Crippen molar-refractivity contribution in [2.24, 2.45) is 4.99 Å². The molecule has 0 unspecified atom stereocenters. The zero-order chi connectivity index (χ0) is 16.9. The smallest absolute Gasteiger partial charge is 0.193 e. The second kappa shape index (κ2) is 12.4. The van der Waals surface area contributed by atoms with Crippen molar-refractivity contribution < 1.29 is 0 Å². The molecule has 0 radical (unpaired) electrons. The lowest BCUT2D eigenvalue weighted by molar-refractivity contribution is 0.136. The van der Waals surface area contributed by atoms with Crippen LogP contribution in [-0.4, -0.2) is 87.1 Å². The molecule has 1 aliphatic heterocycles. The van der Waals surface area contributed by atoms with Gasteiger partial charge in [-0.1, -0.05) is 13.0 Å². The fraction of sp³-hybridized carbons (Fsp3) is 0.833. The SMILES string of the molecule is C=CCCCN(C)C(=NC)NCCCCN1CCN(CC)CC1. The highest BCUT2D eigenvalue weighted by Gasteiger charge is 2.14. The van der Waals surface area contributed by atoms with E-state index in [9.17, 15) is 0 Å². The summed E-state index contributed by atoms with van der Waals surface area (Å²) in [6.45, 7) is 15.4. The third-order valence-electron chi connectivity index (χ3n) is 4.57. The minimum absolute atomic E-state index is 1.01. The third-order valence-corrected chi connectivity index (χ3v) is 4.57. The Balaban J connectivity index is 2.07. The lowest BCUT2D eigenvalue weighted by Crippen LogP contribution is -2.46. The zero-order valence-corrected chi connectivity index (χ0v) is 15.6. The number of likely N-dealkylation sites (N-methyl/N-ethyl adjacent to an activating group) is 1. The highest BCUT2D eigenvalue weighted by molar-refractivity contribution is 5.79. The Morgan fingerprint density at radius 3 is 2.48 bits per heavy atom. The van der Waals surface area contributed by atoms with Crippen LogP contribution in [0.1, 0.15) is 32.6 Å². The molecule has 0 saturated carbocycles. The molecule has 1 rings (SSSR count). The fourth-order valence-corrected chi connectivity index (χ4v) is 2.95. The summed E-state index contributed by atoms with van der Waals surface area (Å²) >= 11 is 0. The first-order valence-corrected chi connectivity index (χ1v) is 9.18. The average molecular weight is 324 g/mol. The molecular formula is C18H37N5. The van der Waals surface area contributed by atoms with Crippen molar-refractivity contribution in [2.75, 3.05) is 66.5 Å². The summed E-state index contributed by atoms with van der Waals surface area (Å²) in [6, 6.07) is 0. The number of unbranched alkanes of at least 4 members (excludes halogenated alkanes) is 2. The molecule has 0 bridgehead atoms. The number of aliphatic imine (C=N–C) groups is 1. The van der Waals surface area contributed by atoms with E-state index in [2.05, 4.69) is 45.6 Å². The van der Waals surface area contributed by atoms with E-state index in [1.165, 1.54) is 52.1 Å². The minimum atomic E-state index is 1.01. The van der Waals surface area contributed by atoms with Crippen LogP contribution >= 0.6 is 0 Å². The summed E-state index contributed by atoms with van der Waals surface area (Å²) in [5, 5.41) is 3.47. The van der Waals surface area contributed by atoms with Gasteiger partial charge in [0.05, 0.1) is 0 Å². The van der Waals surface area contributed by atoms with Crippen LogP contribution in [0.5, 0.6) is 0 Å². The highest BCUT2D eigenvalue weighted by atomic mass is 15.3. The number of hydrogen-bond acceptors (Lipinski definition) is 3. The van der Waals surface area contributed by atoms with E-state index in [1.54, 1.807) is 0 Å².